The van der Waals surface area contributed by atoms with Gasteiger partial charge >= 0.3 is 0 Å². The Labute approximate surface area is 111 Å². The van der Waals surface area contributed by atoms with Crippen LogP contribution < -0.4 is 5.32 Å². The highest BCUT2D eigenvalue weighted by atomic mass is 16.3. The van der Waals surface area contributed by atoms with E-state index in [1.54, 1.807) is 6.26 Å². The molecule has 0 spiro atoms. The molecule has 1 aromatic rings. The van der Waals surface area contributed by atoms with E-state index in [9.17, 15) is 0 Å². The lowest BCUT2D eigenvalue weighted by atomic mass is 9.86. The molecule has 1 N–H and O–H groups in total. The molecule has 1 aromatic heterocycles. The summed E-state index contributed by atoms with van der Waals surface area (Å²) in [6, 6.07) is 2.12. The highest BCUT2D eigenvalue weighted by Gasteiger charge is 2.25. The molecule has 18 heavy (non-hydrogen) atoms. The van der Waals surface area contributed by atoms with Crippen LogP contribution in [0.15, 0.2) is 23.0 Å². The largest absolute Gasteiger partial charge is 0.472 e. The third-order valence-electron chi connectivity index (χ3n) is 4.10. The van der Waals surface area contributed by atoms with Gasteiger partial charge in [-0.1, -0.05) is 39.5 Å². The van der Waals surface area contributed by atoms with Crippen molar-refractivity contribution < 1.29 is 4.42 Å². The van der Waals surface area contributed by atoms with E-state index in [4.69, 9.17) is 4.42 Å². The molecule has 1 heterocycles. The van der Waals surface area contributed by atoms with Gasteiger partial charge in [0.2, 0.25) is 0 Å². The summed E-state index contributed by atoms with van der Waals surface area (Å²) < 4.78 is 5.20. The second kappa shape index (κ2) is 6.98. The third kappa shape index (κ3) is 4.16. The van der Waals surface area contributed by atoms with Gasteiger partial charge in [0.15, 0.2) is 0 Å². The smallest absolute Gasteiger partial charge is 0.0934 e. The van der Waals surface area contributed by atoms with Gasteiger partial charge in [-0.25, -0.2) is 0 Å². The first-order valence-electron chi connectivity index (χ1n) is 7.47. The van der Waals surface area contributed by atoms with Crippen molar-refractivity contribution in [3.63, 3.8) is 0 Å². The summed E-state index contributed by atoms with van der Waals surface area (Å²) in [6.45, 7) is 6.84. The van der Waals surface area contributed by atoms with Crippen LogP contribution in [0.5, 0.6) is 0 Å². The average Bonchev–Trinajstić information content (AvgIpc) is 3.00. The minimum absolute atomic E-state index is 0.739. The van der Waals surface area contributed by atoms with Crippen molar-refractivity contribution in [3.8, 4) is 0 Å². The molecule has 0 radical (unpaired) electrons. The van der Waals surface area contributed by atoms with Crippen LogP contribution in [-0.4, -0.2) is 13.1 Å². The highest BCUT2D eigenvalue weighted by molar-refractivity contribution is 5.07. The topological polar surface area (TPSA) is 25.2 Å². The Morgan fingerprint density at radius 2 is 2.06 bits per heavy atom. The number of furan rings is 1. The van der Waals surface area contributed by atoms with Gasteiger partial charge in [-0.2, -0.15) is 0 Å². The van der Waals surface area contributed by atoms with Crippen LogP contribution in [0.1, 0.15) is 45.1 Å². The summed E-state index contributed by atoms with van der Waals surface area (Å²) in [6.07, 6.45) is 10.6. The molecule has 1 fully saturated rings. The van der Waals surface area contributed by atoms with Crippen LogP contribution in [0.2, 0.25) is 0 Å². The third-order valence-corrected chi connectivity index (χ3v) is 4.10. The molecular weight excluding hydrogens is 222 g/mol. The maximum Gasteiger partial charge on any atom is 0.0934 e. The average molecular weight is 249 g/mol. The van der Waals surface area contributed by atoms with E-state index < -0.39 is 0 Å². The Morgan fingerprint density at radius 3 is 2.67 bits per heavy atom. The van der Waals surface area contributed by atoms with Crippen LogP contribution in [0.4, 0.5) is 0 Å². The summed E-state index contributed by atoms with van der Waals surface area (Å²) in [5.74, 6) is 2.44. The fourth-order valence-electron chi connectivity index (χ4n) is 3.10. The highest BCUT2D eigenvalue weighted by Crippen LogP contribution is 2.33. The molecule has 1 unspecified atom stereocenters. The normalized spacial score (nSPS) is 18.6. The maximum atomic E-state index is 5.20. The molecular formula is C16H27NO. The molecule has 0 bridgehead atoms. The summed E-state index contributed by atoms with van der Waals surface area (Å²) in [4.78, 5) is 0. The van der Waals surface area contributed by atoms with E-state index in [1.807, 2.05) is 6.26 Å². The maximum absolute atomic E-state index is 5.20. The van der Waals surface area contributed by atoms with Crippen LogP contribution in [0.3, 0.4) is 0 Å². The molecule has 2 heteroatoms. The molecule has 2 rings (SSSR count). The minimum Gasteiger partial charge on any atom is -0.472 e. The Bertz CT molecular complexity index is 312. The van der Waals surface area contributed by atoms with E-state index in [1.165, 1.54) is 37.7 Å². The van der Waals surface area contributed by atoms with E-state index >= 15 is 0 Å². The summed E-state index contributed by atoms with van der Waals surface area (Å²) in [5, 5.41) is 3.64. The van der Waals surface area contributed by atoms with Gasteiger partial charge in [0.05, 0.1) is 12.5 Å². The zero-order chi connectivity index (χ0) is 12.8. The fraction of sp³-hybridized carbons (Fsp3) is 0.750. The minimum atomic E-state index is 0.739. The van der Waals surface area contributed by atoms with Gasteiger partial charge in [0, 0.05) is 0 Å². The van der Waals surface area contributed by atoms with E-state index in [2.05, 4.69) is 25.2 Å². The van der Waals surface area contributed by atoms with Crippen LogP contribution in [0, 0.1) is 17.8 Å². The van der Waals surface area contributed by atoms with E-state index in [0.717, 1.165) is 30.8 Å². The fourth-order valence-corrected chi connectivity index (χ4v) is 3.10. The van der Waals surface area contributed by atoms with E-state index in [0.29, 0.717) is 0 Å². The van der Waals surface area contributed by atoms with Gasteiger partial charge < -0.3 is 9.73 Å². The molecule has 102 valence electrons. The lowest BCUT2D eigenvalue weighted by Crippen LogP contribution is -2.31. The van der Waals surface area contributed by atoms with Gasteiger partial charge in [-0.15, -0.1) is 0 Å². The number of rotatable bonds is 7. The van der Waals surface area contributed by atoms with Crippen molar-refractivity contribution in [1.29, 1.82) is 0 Å². The molecule has 1 aliphatic carbocycles. The summed E-state index contributed by atoms with van der Waals surface area (Å²) in [5.41, 5.74) is 1.36. The Kier molecular flexibility index (Phi) is 5.30. The molecule has 0 aliphatic heterocycles. The Morgan fingerprint density at radius 1 is 1.28 bits per heavy atom. The van der Waals surface area contributed by atoms with Crippen molar-refractivity contribution in [2.45, 2.75) is 46.0 Å². The first-order chi connectivity index (χ1) is 8.75. The second-order valence-corrected chi connectivity index (χ2v) is 6.19. The number of nitrogens with one attached hydrogen (secondary N) is 1. The van der Waals surface area contributed by atoms with Crippen molar-refractivity contribution in [2.75, 3.05) is 13.1 Å². The monoisotopic (exact) mass is 249 g/mol. The second-order valence-electron chi connectivity index (χ2n) is 6.19. The van der Waals surface area contributed by atoms with Gasteiger partial charge in [0.1, 0.15) is 0 Å². The van der Waals surface area contributed by atoms with Crippen molar-refractivity contribution in [2.24, 2.45) is 17.8 Å². The summed E-state index contributed by atoms with van der Waals surface area (Å²) >= 11 is 0. The molecule has 0 saturated heterocycles. The lowest BCUT2D eigenvalue weighted by molar-refractivity contribution is 0.315. The molecule has 1 saturated carbocycles. The zero-order valence-corrected chi connectivity index (χ0v) is 11.8. The van der Waals surface area contributed by atoms with Crippen LogP contribution in [0.25, 0.3) is 0 Å². The summed E-state index contributed by atoms with van der Waals surface area (Å²) in [7, 11) is 0. The zero-order valence-electron chi connectivity index (χ0n) is 11.8. The van der Waals surface area contributed by atoms with Crippen molar-refractivity contribution in [1.82, 2.24) is 5.32 Å². The molecule has 2 nitrogen and oxygen atoms in total. The molecule has 0 amide bonds. The predicted molar refractivity (Wildman–Crippen MR) is 75.6 cm³/mol. The van der Waals surface area contributed by atoms with Crippen LogP contribution >= 0.6 is 0 Å². The Hall–Kier alpha value is -0.760. The SMILES string of the molecule is CC(C)CNCC(Cc1ccoc1)C1CCCC1. The first kappa shape index (κ1) is 13.7. The van der Waals surface area contributed by atoms with E-state index in [-0.39, 0.29) is 0 Å². The molecule has 1 aliphatic rings. The van der Waals surface area contributed by atoms with Gasteiger partial charge in [-0.3, -0.25) is 0 Å². The molecule has 0 aromatic carbocycles. The number of hydrogen-bond donors (Lipinski definition) is 1. The lowest BCUT2D eigenvalue weighted by Gasteiger charge is -2.24. The first-order valence-corrected chi connectivity index (χ1v) is 7.47. The van der Waals surface area contributed by atoms with Crippen LogP contribution in [-0.2, 0) is 6.42 Å². The standard InChI is InChI=1S/C16H27NO/c1-13(2)10-17-11-16(15-5-3-4-6-15)9-14-7-8-18-12-14/h7-8,12-13,15-17H,3-6,9-11H2,1-2H3. The molecule has 1 atom stereocenters. The Balaban J connectivity index is 1.85. The van der Waals surface area contributed by atoms with Gasteiger partial charge in [0.25, 0.3) is 0 Å². The number of hydrogen-bond acceptors (Lipinski definition) is 2. The van der Waals surface area contributed by atoms with Crippen molar-refractivity contribution >= 4 is 0 Å². The van der Waals surface area contributed by atoms with Crippen molar-refractivity contribution in [3.05, 3.63) is 24.2 Å². The predicted octanol–water partition coefficient (Wildman–Crippen LogP) is 3.87. The van der Waals surface area contributed by atoms with Gasteiger partial charge in [-0.05, 0) is 48.9 Å². The quantitative estimate of drug-likeness (QED) is 0.793.